The summed E-state index contributed by atoms with van der Waals surface area (Å²) in [6.07, 6.45) is 1.30. The molecule has 1 aromatic carbocycles. The molecule has 1 aromatic rings. The zero-order chi connectivity index (χ0) is 11.4. The van der Waals surface area contributed by atoms with Gasteiger partial charge in [0.2, 0.25) is 0 Å². The molecular formula is C12H13NO2. The molecule has 0 amide bonds. The van der Waals surface area contributed by atoms with Crippen molar-refractivity contribution in [1.82, 2.24) is 0 Å². The van der Waals surface area contributed by atoms with E-state index < -0.39 is 5.97 Å². The molecule has 0 unspecified atom stereocenters. The van der Waals surface area contributed by atoms with Crippen molar-refractivity contribution in [3.05, 3.63) is 34.4 Å². The van der Waals surface area contributed by atoms with Crippen molar-refractivity contribution in [2.24, 2.45) is 0 Å². The lowest BCUT2D eigenvalue weighted by molar-refractivity contribution is 0.0695. The summed E-state index contributed by atoms with van der Waals surface area (Å²) in [5, 5.41) is 18.1. The molecule has 0 fully saturated rings. The lowest BCUT2D eigenvalue weighted by Gasteiger charge is -2.09. The van der Waals surface area contributed by atoms with Crippen LogP contribution in [0.25, 0.3) is 0 Å². The molecule has 1 rings (SSSR count). The Morgan fingerprint density at radius 2 is 1.87 bits per heavy atom. The summed E-state index contributed by atoms with van der Waals surface area (Å²) < 4.78 is 0. The molecule has 15 heavy (non-hydrogen) atoms. The maximum atomic E-state index is 11.1. The Morgan fingerprint density at radius 1 is 1.33 bits per heavy atom. The Balaban J connectivity index is 3.53. The number of carbonyl (C=O) groups is 1. The van der Waals surface area contributed by atoms with E-state index >= 15 is 0 Å². The van der Waals surface area contributed by atoms with Gasteiger partial charge in [-0.2, -0.15) is 5.26 Å². The van der Waals surface area contributed by atoms with Crippen LogP contribution < -0.4 is 0 Å². The minimum atomic E-state index is -1.02. The molecule has 0 atom stereocenters. The Bertz CT molecular complexity index is 430. The molecule has 0 aromatic heterocycles. The van der Waals surface area contributed by atoms with Gasteiger partial charge in [0.25, 0.3) is 0 Å². The predicted octanol–water partition coefficient (Wildman–Crippen LogP) is 2.38. The normalized spacial score (nSPS) is 9.67. The number of aromatic carboxylic acids is 1. The highest BCUT2D eigenvalue weighted by molar-refractivity contribution is 5.93. The molecule has 0 saturated heterocycles. The Morgan fingerprint density at radius 3 is 2.27 bits per heavy atom. The van der Waals surface area contributed by atoms with Crippen LogP contribution in [0.1, 0.15) is 40.9 Å². The second kappa shape index (κ2) is 4.61. The van der Waals surface area contributed by atoms with E-state index in [2.05, 4.69) is 0 Å². The second-order valence-electron chi connectivity index (χ2n) is 3.26. The van der Waals surface area contributed by atoms with Crippen molar-refractivity contribution in [3.63, 3.8) is 0 Å². The van der Waals surface area contributed by atoms with E-state index in [4.69, 9.17) is 10.4 Å². The van der Waals surface area contributed by atoms with Crippen molar-refractivity contribution in [2.75, 3.05) is 0 Å². The van der Waals surface area contributed by atoms with Crippen LogP contribution >= 0.6 is 0 Å². The van der Waals surface area contributed by atoms with Crippen molar-refractivity contribution >= 4 is 5.97 Å². The summed E-state index contributed by atoms with van der Waals surface area (Å²) >= 11 is 0. The average molecular weight is 203 g/mol. The summed E-state index contributed by atoms with van der Waals surface area (Å²) in [6.45, 7) is 3.79. The van der Waals surface area contributed by atoms with Crippen molar-refractivity contribution in [3.8, 4) is 6.07 Å². The van der Waals surface area contributed by atoms with Crippen molar-refractivity contribution in [2.45, 2.75) is 26.7 Å². The Labute approximate surface area is 89.0 Å². The van der Waals surface area contributed by atoms with Crippen LogP contribution in [0.2, 0.25) is 0 Å². The van der Waals surface area contributed by atoms with Crippen LogP contribution in [-0.4, -0.2) is 11.1 Å². The highest BCUT2D eigenvalue weighted by Crippen LogP contribution is 2.20. The fourth-order valence-electron chi connectivity index (χ4n) is 1.65. The van der Waals surface area contributed by atoms with Gasteiger partial charge >= 0.3 is 5.97 Å². The van der Waals surface area contributed by atoms with E-state index in [-0.39, 0.29) is 5.56 Å². The van der Waals surface area contributed by atoms with Gasteiger partial charge in [-0.15, -0.1) is 0 Å². The van der Waals surface area contributed by atoms with E-state index in [1.807, 2.05) is 26.0 Å². The molecule has 0 bridgehead atoms. The quantitative estimate of drug-likeness (QED) is 0.820. The number of aryl methyl sites for hydroxylation is 2. The largest absolute Gasteiger partial charge is 0.478 e. The van der Waals surface area contributed by atoms with Gasteiger partial charge in [0.15, 0.2) is 0 Å². The Kier molecular flexibility index (Phi) is 3.46. The van der Waals surface area contributed by atoms with Crippen LogP contribution in [0.5, 0.6) is 0 Å². The summed E-state index contributed by atoms with van der Waals surface area (Å²) in [7, 11) is 0. The standard InChI is InChI=1S/C12H13NO2/c1-3-8-5-6-9(4-2)11(12(14)15)10(8)7-13/h5-6H,3-4H2,1-2H3,(H,14,15). The molecule has 3 heteroatoms. The van der Waals surface area contributed by atoms with Crippen LogP contribution in [0.15, 0.2) is 12.1 Å². The van der Waals surface area contributed by atoms with Crippen LogP contribution in [-0.2, 0) is 12.8 Å². The maximum absolute atomic E-state index is 11.1. The zero-order valence-electron chi connectivity index (χ0n) is 8.87. The topological polar surface area (TPSA) is 61.1 Å². The number of hydrogen-bond acceptors (Lipinski definition) is 2. The van der Waals surface area contributed by atoms with Gasteiger partial charge in [-0.25, -0.2) is 4.79 Å². The van der Waals surface area contributed by atoms with Gasteiger partial charge in [0, 0.05) is 0 Å². The van der Waals surface area contributed by atoms with Gasteiger partial charge < -0.3 is 5.11 Å². The number of nitriles is 1. The second-order valence-corrected chi connectivity index (χ2v) is 3.26. The molecule has 0 heterocycles. The number of carboxylic acids is 1. The summed E-state index contributed by atoms with van der Waals surface area (Å²) in [6, 6.07) is 5.62. The highest BCUT2D eigenvalue weighted by atomic mass is 16.4. The van der Waals surface area contributed by atoms with Gasteiger partial charge in [-0.3, -0.25) is 0 Å². The molecule has 0 radical (unpaired) electrons. The SMILES string of the molecule is CCc1ccc(CC)c(C(=O)O)c1C#N. The lowest BCUT2D eigenvalue weighted by Crippen LogP contribution is -2.07. The van der Waals surface area contributed by atoms with Crippen LogP contribution in [0.3, 0.4) is 0 Å². The van der Waals surface area contributed by atoms with Gasteiger partial charge in [-0.05, 0) is 24.0 Å². The fourth-order valence-corrected chi connectivity index (χ4v) is 1.65. The number of benzene rings is 1. The van der Waals surface area contributed by atoms with E-state index in [0.29, 0.717) is 18.4 Å². The Hall–Kier alpha value is -1.82. The molecule has 0 saturated carbocycles. The first-order chi connectivity index (χ1) is 7.15. The number of hydrogen-bond donors (Lipinski definition) is 1. The van der Waals surface area contributed by atoms with Gasteiger partial charge in [-0.1, -0.05) is 26.0 Å². The predicted molar refractivity (Wildman–Crippen MR) is 56.9 cm³/mol. The van der Waals surface area contributed by atoms with Crippen LogP contribution in [0, 0.1) is 11.3 Å². The highest BCUT2D eigenvalue weighted by Gasteiger charge is 2.17. The van der Waals surface area contributed by atoms with E-state index in [9.17, 15) is 4.79 Å². The molecule has 1 N–H and O–H groups in total. The maximum Gasteiger partial charge on any atom is 0.337 e. The monoisotopic (exact) mass is 203 g/mol. The summed E-state index contributed by atoms with van der Waals surface area (Å²) in [4.78, 5) is 11.1. The average Bonchev–Trinajstić information content (AvgIpc) is 2.26. The number of rotatable bonds is 3. The zero-order valence-corrected chi connectivity index (χ0v) is 8.87. The van der Waals surface area contributed by atoms with Crippen LogP contribution in [0.4, 0.5) is 0 Å². The minimum absolute atomic E-state index is 0.166. The third-order valence-corrected chi connectivity index (χ3v) is 2.47. The van der Waals surface area contributed by atoms with Gasteiger partial charge in [0.1, 0.15) is 6.07 Å². The molecule has 0 aliphatic rings. The molecule has 3 nitrogen and oxygen atoms in total. The molecule has 78 valence electrons. The third kappa shape index (κ3) is 1.99. The molecular weight excluding hydrogens is 190 g/mol. The molecule has 0 aliphatic carbocycles. The lowest BCUT2D eigenvalue weighted by atomic mass is 9.94. The smallest absolute Gasteiger partial charge is 0.337 e. The molecule has 0 aliphatic heterocycles. The molecule has 0 spiro atoms. The first-order valence-electron chi connectivity index (χ1n) is 4.93. The van der Waals surface area contributed by atoms with E-state index in [0.717, 1.165) is 11.1 Å². The third-order valence-electron chi connectivity index (χ3n) is 2.47. The van der Waals surface area contributed by atoms with E-state index in [1.165, 1.54) is 0 Å². The van der Waals surface area contributed by atoms with Crippen molar-refractivity contribution < 1.29 is 9.90 Å². The van der Waals surface area contributed by atoms with E-state index in [1.54, 1.807) is 6.07 Å². The fraction of sp³-hybridized carbons (Fsp3) is 0.333. The first-order valence-corrected chi connectivity index (χ1v) is 4.93. The van der Waals surface area contributed by atoms with Crippen molar-refractivity contribution in [1.29, 1.82) is 5.26 Å². The number of carboxylic acid groups (broad SMARTS) is 1. The minimum Gasteiger partial charge on any atom is -0.478 e. The van der Waals surface area contributed by atoms with Gasteiger partial charge in [0.05, 0.1) is 11.1 Å². The summed E-state index contributed by atoms with van der Waals surface area (Å²) in [5.41, 5.74) is 1.99. The first kappa shape index (κ1) is 11.3. The number of nitrogens with zero attached hydrogens (tertiary/aromatic N) is 1. The summed E-state index contributed by atoms with van der Waals surface area (Å²) in [5.74, 6) is -1.02.